The van der Waals surface area contributed by atoms with Crippen LogP contribution in [0.2, 0.25) is 0 Å². The van der Waals surface area contributed by atoms with Crippen LogP contribution in [0.25, 0.3) is 10.9 Å². The minimum atomic E-state index is -0.578. The lowest BCUT2D eigenvalue weighted by atomic mass is 10.2. The summed E-state index contributed by atoms with van der Waals surface area (Å²) in [6.07, 6.45) is 3.78. The lowest BCUT2D eigenvalue weighted by Gasteiger charge is -2.10. The first-order chi connectivity index (χ1) is 8.22. The summed E-state index contributed by atoms with van der Waals surface area (Å²) in [6.45, 7) is 3.56. The van der Waals surface area contributed by atoms with Gasteiger partial charge >= 0.3 is 0 Å². The molecule has 0 saturated carbocycles. The molecule has 0 aliphatic heterocycles. The number of benzene rings is 1. The van der Waals surface area contributed by atoms with Crippen LogP contribution in [-0.4, -0.2) is 22.1 Å². The fourth-order valence-electron chi connectivity index (χ4n) is 1.59. The van der Waals surface area contributed by atoms with Crippen molar-refractivity contribution in [2.45, 2.75) is 12.5 Å². The molecule has 2 rings (SSSR count). The van der Waals surface area contributed by atoms with E-state index in [1.165, 1.54) is 0 Å². The van der Waals surface area contributed by atoms with Crippen LogP contribution >= 0.6 is 0 Å². The maximum absolute atomic E-state index is 11.7. The van der Waals surface area contributed by atoms with Crippen molar-refractivity contribution in [2.24, 2.45) is 5.73 Å². The number of H-pyrrole nitrogens is 1. The van der Waals surface area contributed by atoms with Crippen LogP contribution in [0.15, 0.2) is 37.1 Å². The first-order valence-corrected chi connectivity index (χ1v) is 5.32. The summed E-state index contributed by atoms with van der Waals surface area (Å²) in [5.41, 5.74) is 7.17. The molecule has 17 heavy (non-hydrogen) atoms. The fraction of sp³-hybridized carbons (Fsp3) is 0.167. The highest BCUT2D eigenvalue weighted by molar-refractivity contribution is 6.02. The van der Waals surface area contributed by atoms with E-state index in [-0.39, 0.29) is 5.91 Å². The maximum atomic E-state index is 11.7. The van der Waals surface area contributed by atoms with Gasteiger partial charge in [0.1, 0.15) is 0 Å². The Balaban J connectivity index is 2.21. The molecule has 0 saturated heterocycles. The number of anilines is 1. The molecule has 0 aliphatic rings. The number of nitrogens with two attached hydrogens (primary N) is 1. The number of fused-ring (bicyclic) bond motifs is 1. The van der Waals surface area contributed by atoms with Crippen molar-refractivity contribution in [1.82, 2.24) is 10.2 Å². The van der Waals surface area contributed by atoms with Crippen LogP contribution in [-0.2, 0) is 4.79 Å². The number of para-hydroxylation sites is 1. The third kappa shape index (κ3) is 2.34. The van der Waals surface area contributed by atoms with E-state index in [2.05, 4.69) is 22.1 Å². The summed E-state index contributed by atoms with van der Waals surface area (Å²) in [7, 11) is 0. The molecule has 4 N–H and O–H groups in total. The standard InChI is InChI=1S/C12H14N4O/c1-2-4-9(13)12(17)15-10-6-3-5-8-7-14-16-11(8)10/h2-3,5-7,9H,1,4,13H2,(H,14,16)(H,15,17). The molecule has 0 spiro atoms. The Morgan fingerprint density at radius 3 is 3.24 bits per heavy atom. The number of carbonyl (C=O) groups excluding carboxylic acids is 1. The average molecular weight is 230 g/mol. The van der Waals surface area contributed by atoms with E-state index in [4.69, 9.17) is 5.73 Å². The first-order valence-electron chi connectivity index (χ1n) is 5.32. The summed E-state index contributed by atoms with van der Waals surface area (Å²) >= 11 is 0. The normalized spacial score (nSPS) is 12.3. The molecule has 0 bridgehead atoms. The molecule has 0 radical (unpaired) electrons. The van der Waals surface area contributed by atoms with E-state index < -0.39 is 6.04 Å². The Morgan fingerprint density at radius 2 is 2.47 bits per heavy atom. The molecule has 1 amide bonds. The summed E-state index contributed by atoms with van der Waals surface area (Å²) in [4.78, 5) is 11.7. The number of carbonyl (C=O) groups is 1. The van der Waals surface area contributed by atoms with Gasteiger partial charge in [-0.05, 0) is 12.5 Å². The van der Waals surface area contributed by atoms with Gasteiger partial charge in [0, 0.05) is 5.39 Å². The maximum Gasteiger partial charge on any atom is 0.241 e. The lowest BCUT2D eigenvalue weighted by Crippen LogP contribution is -2.35. The molecular weight excluding hydrogens is 216 g/mol. The van der Waals surface area contributed by atoms with Gasteiger partial charge in [-0.25, -0.2) is 0 Å². The SMILES string of the molecule is C=CCC(N)C(=O)Nc1cccc2cn[nH]c12. The zero-order valence-electron chi connectivity index (χ0n) is 9.31. The number of hydrogen-bond donors (Lipinski definition) is 3. The van der Waals surface area contributed by atoms with Crippen LogP contribution in [0, 0.1) is 0 Å². The highest BCUT2D eigenvalue weighted by Crippen LogP contribution is 2.20. The van der Waals surface area contributed by atoms with Gasteiger partial charge in [-0.15, -0.1) is 6.58 Å². The van der Waals surface area contributed by atoms with E-state index >= 15 is 0 Å². The van der Waals surface area contributed by atoms with Gasteiger partial charge in [-0.2, -0.15) is 5.10 Å². The monoisotopic (exact) mass is 230 g/mol. The van der Waals surface area contributed by atoms with Gasteiger partial charge in [-0.1, -0.05) is 18.2 Å². The summed E-state index contributed by atoms with van der Waals surface area (Å²) < 4.78 is 0. The zero-order chi connectivity index (χ0) is 12.3. The Labute approximate surface area is 98.7 Å². The van der Waals surface area contributed by atoms with Gasteiger partial charge in [-0.3, -0.25) is 9.89 Å². The van der Waals surface area contributed by atoms with Crippen molar-refractivity contribution >= 4 is 22.5 Å². The predicted molar refractivity (Wildman–Crippen MR) is 67.5 cm³/mol. The lowest BCUT2D eigenvalue weighted by molar-refractivity contribution is -0.117. The Morgan fingerprint density at radius 1 is 1.65 bits per heavy atom. The largest absolute Gasteiger partial charge is 0.323 e. The van der Waals surface area contributed by atoms with Gasteiger partial charge in [0.15, 0.2) is 0 Å². The Hall–Kier alpha value is -2.14. The summed E-state index contributed by atoms with van der Waals surface area (Å²) in [6, 6.07) is 5.00. The highest BCUT2D eigenvalue weighted by atomic mass is 16.2. The number of aromatic amines is 1. The van der Waals surface area contributed by atoms with Crippen LogP contribution < -0.4 is 11.1 Å². The third-order valence-corrected chi connectivity index (χ3v) is 2.49. The van der Waals surface area contributed by atoms with Crippen molar-refractivity contribution in [3.05, 3.63) is 37.1 Å². The van der Waals surface area contributed by atoms with Gasteiger partial charge in [0.2, 0.25) is 5.91 Å². The molecule has 2 aromatic rings. The molecule has 88 valence electrons. The smallest absolute Gasteiger partial charge is 0.241 e. The molecular formula is C12H14N4O. The van der Waals surface area contributed by atoms with Crippen molar-refractivity contribution < 1.29 is 4.79 Å². The summed E-state index contributed by atoms with van der Waals surface area (Å²) in [5, 5.41) is 10.5. The van der Waals surface area contributed by atoms with Crippen LogP contribution in [0.3, 0.4) is 0 Å². The van der Waals surface area contributed by atoms with Crippen molar-refractivity contribution in [2.75, 3.05) is 5.32 Å². The minimum Gasteiger partial charge on any atom is -0.323 e. The molecule has 1 aromatic heterocycles. The number of hydrogen-bond acceptors (Lipinski definition) is 3. The van der Waals surface area contributed by atoms with Gasteiger partial charge < -0.3 is 11.1 Å². The number of aromatic nitrogens is 2. The van der Waals surface area contributed by atoms with Gasteiger partial charge in [0.05, 0.1) is 23.4 Å². The molecule has 1 heterocycles. The second-order valence-corrected chi connectivity index (χ2v) is 3.76. The van der Waals surface area contributed by atoms with Crippen molar-refractivity contribution in [1.29, 1.82) is 0 Å². The molecule has 1 unspecified atom stereocenters. The Kier molecular flexibility index (Phi) is 3.20. The number of rotatable bonds is 4. The van der Waals surface area contributed by atoms with E-state index in [0.717, 1.165) is 10.9 Å². The van der Waals surface area contributed by atoms with E-state index in [1.54, 1.807) is 18.3 Å². The van der Waals surface area contributed by atoms with E-state index in [9.17, 15) is 4.79 Å². The van der Waals surface area contributed by atoms with Gasteiger partial charge in [0.25, 0.3) is 0 Å². The molecule has 5 nitrogen and oxygen atoms in total. The van der Waals surface area contributed by atoms with E-state index in [0.29, 0.717) is 12.1 Å². The molecule has 1 aromatic carbocycles. The highest BCUT2D eigenvalue weighted by Gasteiger charge is 2.13. The summed E-state index contributed by atoms with van der Waals surface area (Å²) in [5.74, 6) is -0.230. The minimum absolute atomic E-state index is 0.230. The fourth-order valence-corrected chi connectivity index (χ4v) is 1.59. The second-order valence-electron chi connectivity index (χ2n) is 3.76. The van der Waals surface area contributed by atoms with Crippen molar-refractivity contribution in [3.8, 4) is 0 Å². The number of amides is 1. The third-order valence-electron chi connectivity index (χ3n) is 2.49. The topological polar surface area (TPSA) is 83.8 Å². The zero-order valence-corrected chi connectivity index (χ0v) is 9.31. The molecule has 1 atom stereocenters. The van der Waals surface area contributed by atoms with Crippen LogP contribution in [0.5, 0.6) is 0 Å². The van der Waals surface area contributed by atoms with Crippen LogP contribution in [0.1, 0.15) is 6.42 Å². The predicted octanol–water partition coefficient (Wildman–Crippen LogP) is 1.40. The molecule has 5 heteroatoms. The van der Waals surface area contributed by atoms with E-state index in [1.807, 2.05) is 12.1 Å². The second kappa shape index (κ2) is 4.80. The Bertz CT molecular complexity index is 546. The first kappa shape index (κ1) is 11.3. The number of nitrogens with zero attached hydrogens (tertiary/aromatic N) is 1. The van der Waals surface area contributed by atoms with Crippen LogP contribution in [0.4, 0.5) is 5.69 Å². The average Bonchev–Trinajstić information content (AvgIpc) is 2.78. The number of nitrogens with one attached hydrogen (secondary N) is 2. The quantitative estimate of drug-likeness (QED) is 0.694. The molecule has 0 fully saturated rings. The van der Waals surface area contributed by atoms with Crippen molar-refractivity contribution in [3.63, 3.8) is 0 Å². The molecule has 0 aliphatic carbocycles.